The van der Waals surface area contributed by atoms with E-state index in [4.69, 9.17) is 0 Å². The summed E-state index contributed by atoms with van der Waals surface area (Å²) in [5, 5.41) is 0. The second-order valence-corrected chi connectivity index (χ2v) is 14.6. The molecule has 0 aliphatic carbocycles. The van der Waals surface area contributed by atoms with E-state index in [0.717, 1.165) is 0 Å². The molecule has 0 spiro atoms. The standard InChI is InChI=1S/C42H84N2/c1-4-7-10-13-15-17-19-21-22-23-24-26-28-30-33-36-39-44-41-40-43(38-35-32-12-9-6-3)42(44)37-34-31-29-27-25-20-18-16-14-11-8-5-2/h40-42H,4-39H2,1-3H3. The van der Waals surface area contributed by atoms with E-state index in [1.54, 1.807) is 0 Å². The van der Waals surface area contributed by atoms with Crippen molar-refractivity contribution >= 4 is 0 Å². The van der Waals surface area contributed by atoms with Gasteiger partial charge in [0, 0.05) is 25.5 Å². The van der Waals surface area contributed by atoms with E-state index in [1.165, 1.54) is 231 Å². The Kier molecular flexibility index (Phi) is 31.7. The molecule has 1 atom stereocenters. The fourth-order valence-electron chi connectivity index (χ4n) is 7.25. The minimum Gasteiger partial charge on any atom is -0.356 e. The zero-order valence-electron chi connectivity index (χ0n) is 31.1. The van der Waals surface area contributed by atoms with Gasteiger partial charge < -0.3 is 9.80 Å². The molecule has 1 aliphatic rings. The molecule has 44 heavy (non-hydrogen) atoms. The third-order valence-electron chi connectivity index (χ3n) is 10.3. The van der Waals surface area contributed by atoms with Crippen LogP contribution in [0.4, 0.5) is 0 Å². The van der Waals surface area contributed by atoms with Crippen molar-refractivity contribution in [3.8, 4) is 0 Å². The Hall–Kier alpha value is -0.660. The largest absolute Gasteiger partial charge is 0.356 e. The van der Waals surface area contributed by atoms with E-state index in [-0.39, 0.29) is 0 Å². The maximum Gasteiger partial charge on any atom is 0.101 e. The first kappa shape index (κ1) is 41.4. The van der Waals surface area contributed by atoms with Crippen molar-refractivity contribution in [2.45, 2.75) is 245 Å². The molecule has 0 radical (unpaired) electrons. The predicted octanol–water partition coefficient (Wildman–Crippen LogP) is 14.7. The molecular weight excluding hydrogens is 532 g/mol. The highest BCUT2D eigenvalue weighted by Crippen LogP contribution is 2.24. The highest BCUT2D eigenvalue weighted by Gasteiger charge is 2.24. The summed E-state index contributed by atoms with van der Waals surface area (Å²) >= 11 is 0. The molecule has 0 N–H and O–H groups in total. The third kappa shape index (κ3) is 25.5. The van der Waals surface area contributed by atoms with Crippen molar-refractivity contribution in [2.24, 2.45) is 0 Å². The fourth-order valence-corrected chi connectivity index (χ4v) is 7.25. The van der Waals surface area contributed by atoms with E-state index in [1.807, 2.05) is 0 Å². The molecule has 2 heteroatoms. The summed E-state index contributed by atoms with van der Waals surface area (Å²) in [5.41, 5.74) is 0. The molecule has 1 rings (SSSR count). The molecule has 0 fully saturated rings. The van der Waals surface area contributed by atoms with E-state index in [2.05, 4.69) is 43.0 Å². The summed E-state index contributed by atoms with van der Waals surface area (Å²) in [7, 11) is 0. The molecule has 1 heterocycles. The Morgan fingerprint density at radius 1 is 0.295 bits per heavy atom. The van der Waals surface area contributed by atoms with Crippen molar-refractivity contribution in [3.05, 3.63) is 12.4 Å². The zero-order chi connectivity index (χ0) is 31.6. The predicted molar refractivity (Wildman–Crippen MR) is 200 cm³/mol. The van der Waals surface area contributed by atoms with Crippen LogP contribution in [0, 0.1) is 0 Å². The van der Waals surface area contributed by atoms with Gasteiger partial charge in [0.05, 0.1) is 0 Å². The molecule has 262 valence electrons. The molecule has 1 aliphatic heterocycles. The summed E-state index contributed by atoms with van der Waals surface area (Å²) < 4.78 is 0. The van der Waals surface area contributed by atoms with Gasteiger partial charge in [-0.1, -0.05) is 213 Å². The Bertz CT molecular complexity index is 572. The molecule has 0 aromatic heterocycles. The average Bonchev–Trinajstić information content (AvgIpc) is 3.42. The molecule has 0 aromatic carbocycles. The number of nitrogens with zero attached hydrogens (tertiary/aromatic N) is 2. The Labute approximate surface area is 280 Å². The fraction of sp³-hybridized carbons (Fsp3) is 0.952. The second kappa shape index (κ2) is 33.7. The first-order valence-electron chi connectivity index (χ1n) is 21.0. The molecule has 1 unspecified atom stereocenters. The molecule has 0 aromatic rings. The summed E-state index contributed by atoms with van der Waals surface area (Å²) in [4.78, 5) is 5.42. The molecule has 0 saturated heterocycles. The van der Waals surface area contributed by atoms with E-state index in [0.29, 0.717) is 6.17 Å². The van der Waals surface area contributed by atoms with Gasteiger partial charge in [-0.3, -0.25) is 0 Å². The minimum absolute atomic E-state index is 0.639. The van der Waals surface area contributed by atoms with Gasteiger partial charge >= 0.3 is 0 Å². The topological polar surface area (TPSA) is 6.48 Å². The van der Waals surface area contributed by atoms with Crippen molar-refractivity contribution in [1.82, 2.24) is 9.80 Å². The normalized spacial score (nSPS) is 14.8. The van der Waals surface area contributed by atoms with Gasteiger partial charge in [-0.2, -0.15) is 0 Å². The van der Waals surface area contributed by atoms with Crippen molar-refractivity contribution in [1.29, 1.82) is 0 Å². The molecule has 0 saturated carbocycles. The summed E-state index contributed by atoms with van der Waals surface area (Å²) in [6.45, 7) is 9.48. The van der Waals surface area contributed by atoms with Gasteiger partial charge in [-0.25, -0.2) is 0 Å². The van der Waals surface area contributed by atoms with Crippen LogP contribution in [0.1, 0.15) is 239 Å². The van der Waals surface area contributed by atoms with E-state index >= 15 is 0 Å². The van der Waals surface area contributed by atoms with Gasteiger partial charge in [0.25, 0.3) is 0 Å². The van der Waals surface area contributed by atoms with E-state index in [9.17, 15) is 0 Å². The zero-order valence-corrected chi connectivity index (χ0v) is 31.1. The lowest BCUT2D eigenvalue weighted by Crippen LogP contribution is -2.39. The van der Waals surface area contributed by atoms with Crippen molar-refractivity contribution in [2.75, 3.05) is 13.1 Å². The smallest absolute Gasteiger partial charge is 0.101 e. The number of hydrogen-bond donors (Lipinski definition) is 0. The van der Waals surface area contributed by atoms with Crippen LogP contribution in [-0.2, 0) is 0 Å². The SMILES string of the molecule is CCCCCCCCCCCCCCCCCCN1C=CN(CCCCCCC)C1CCCCCCCCCCCCCC. The van der Waals surface area contributed by atoms with Crippen LogP contribution < -0.4 is 0 Å². The van der Waals surface area contributed by atoms with Crippen LogP contribution in [0.2, 0.25) is 0 Å². The first-order chi connectivity index (χ1) is 21.8. The van der Waals surface area contributed by atoms with Crippen LogP contribution >= 0.6 is 0 Å². The third-order valence-corrected chi connectivity index (χ3v) is 10.3. The van der Waals surface area contributed by atoms with Crippen LogP contribution in [0.5, 0.6) is 0 Å². The molecule has 0 bridgehead atoms. The maximum absolute atomic E-state index is 2.72. The first-order valence-corrected chi connectivity index (χ1v) is 21.0. The van der Waals surface area contributed by atoms with Gasteiger partial charge in [0.1, 0.15) is 6.17 Å². The van der Waals surface area contributed by atoms with Crippen molar-refractivity contribution in [3.63, 3.8) is 0 Å². The summed E-state index contributed by atoms with van der Waals surface area (Å²) in [6, 6.07) is 0. The Morgan fingerprint density at radius 3 is 0.795 bits per heavy atom. The Balaban J connectivity index is 2.12. The molecule has 2 nitrogen and oxygen atoms in total. The summed E-state index contributed by atoms with van der Waals surface area (Å²) in [6.07, 6.45) is 54.4. The van der Waals surface area contributed by atoms with Gasteiger partial charge in [0.2, 0.25) is 0 Å². The highest BCUT2D eigenvalue weighted by molar-refractivity contribution is 4.97. The number of hydrogen-bond acceptors (Lipinski definition) is 2. The second-order valence-electron chi connectivity index (χ2n) is 14.6. The van der Waals surface area contributed by atoms with Crippen LogP contribution in [-0.4, -0.2) is 29.1 Å². The summed E-state index contributed by atoms with van der Waals surface area (Å²) in [5.74, 6) is 0. The molecule has 0 amide bonds. The lowest BCUT2D eigenvalue weighted by atomic mass is 10.0. The average molecular weight is 617 g/mol. The monoisotopic (exact) mass is 617 g/mol. The molecular formula is C42H84N2. The highest BCUT2D eigenvalue weighted by atomic mass is 15.4. The van der Waals surface area contributed by atoms with Crippen LogP contribution in [0.25, 0.3) is 0 Å². The lowest BCUT2D eigenvalue weighted by Gasteiger charge is -2.33. The quantitative estimate of drug-likeness (QED) is 0.0646. The lowest BCUT2D eigenvalue weighted by molar-refractivity contribution is 0.135. The maximum atomic E-state index is 2.72. The van der Waals surface area contributed by atoms with Gasteiger partial charge in [-0.05, 0) is 25.7 Å². The van der Waals surface area contributed by atoms with Gasteiger partial charge in [0.15, 0.2) is 0 Å². The van der Waals surface area contributed by atoms with Gasteiger partial charge in [-0.15, -0.1) is 0 Å². The van der Waals surface area contributed by atoms with Crippen LogP contribution in [0.15, 0.2) is 12.4 Å². The Morgan fingerprint density at radius 2 is 0.523 bits per heavy atom. The van der Waals surface area contributed by atoms with E-state index < -0.39 is 0 Å². The number of rotatable bonds is 36. The minimum atomic E-state index is 0.639. The van der Waals surface area contributed by atoms with Crippen LogP contribution in [0.3, 0.4) is 0 Å². The van der Waals surface area contributed by atoms with Crippen molar-refractivity contribution < 1.29 is 0 Å². The number of unbranched alkanes of at least 4 members (excludes halogenated alkanes) is 30.